The van der Waals surface area contributed by atoms with E-state index in [0.29, 0.717) is 32.0 Å². The highest BCUT2D eigenvalue weighted by molar-refractivity contribution is 14.0. The van der Waals surface area contributed by atoms with Gasteiger partial charge in [0.15, 0.2) is 5.96 Å². The lowest BCUT2D eigenvalue weighted by Crippen LogP contribution is -2.45. The van der Waals surface area contributed by atoms with E-state index in [1.54, 1.807) is 6.92 Å². The number of hydrogen-bond acceptors (Lipinski definition) is 4. The minimum absolute atomic E-state index is 0. The molecule has 8 nitrogen and oxygen atoms in total. The summed E-state index contributed by atoms with van der Waals surface area (Å²) in [5, 5.41) is 9.70. The molecule has 3 aliphatic rings. The van der Waals surface area contributed by atoms with Gasteiger partial charge in [0.25, 0.3) is 5.91 Å². The Hall–Kier alpha value is -1.10. The Bertz CT molecular complexity index is 625. The molecule has 0 aromatic rings. The molecule has 2 heterocycles. The van der Waals surface area contributed by atoms with Crippen molar-refractivity contribution in [1.82, 2.24) is 25.8 Å². The summed E-state index contributed by atoms with van der Waals surface area (Å²) in [7, 11) is 0. The van der Waals surface area contributed by atoms with Gasteiger partial charge >= 0.3 is 6.03 Å². The van der Waals surface area contributed by atoms with Gasteiger partial charge in [0.05, 0.1) is 0 Å². The van der Waals surface area contributed by atoms with E-state index in [9.17, 15) is 9.59 Å². The van der Waals surface area contributed by atoms with Crippen LogP contribution in [0.15, 0.2) is 4.99 Å². The molecule has 3 fully saturated rings. The van der Waals surface area contributed by atoms with Crippen LogP contribution in [-0.4, -0.2) is 78.0 Å². The molecule has 1 saturated carbocycles. The third-order valence-corrected chi connectivity index (χ3v) is 6.61. The zero-order valence-electron chi connectivity index (χ0n) is 18.7. The number of halogens is 1. The lowest BCUT2D eigenvalue weighted by Gasteiger charge is -2.24. The number of likely N-dealkylation sites (tertiary alicyclic amines) is 1. The van der Waals surface area contributed by atoms with E-state index in [0.717, 1.165) is 31.5 Å². The molecule has 2 aliphatic heterocycles. The van der Waals surface area contributed by atoms with Gasteiger partial charge in [0.1, 0.15) is 5.54 Å². The second kappa shape index (κ2) is 11.5. The maximum Gasteiger partial charge on any atom is 0.325 e. The first-order chi connectivity index (χ1) is 14.0. The molecule has 2 unspecified atom stereocenters. The Morgan fingerprint density at radius 3 is 2.60 bits per heavy atom. The van der Waals surface area contributed by atoms with Gasteiger partial charge in [-0.2, -0.15) is 0 Å². The number of guanidine groups is 1. The van der Waals surface area contributed by atoms with Gasteiger partial charge in [-0.1, -0.05) is 19.8 Å². The number of carbonyl (C=O) groups is 2. The molecule has 30 heavy (non-hydrogen) atoms. The first-order valence-corrected chi connectivity index (χ1v) is 11.4. The smallest absolute Gasteiger partial charge is 0.325 e. The first-order valence-electron chi connectivity index (χ1n) is 11.4. The van der Waals surface area contributed by atoms with E-state index in [-0.39, 0.29) is 35.9 Å². The summed E-state index contributed by atoms with van der Waals surface area (Å²) in [5.41, 5.74) is -0.759. The van der Waals surface area contributed by atoms with Crippen LogP contribution in [0.4, 0.5) is 4.79 Å². The number of amides is 3. The highest BCUT2D eigenvalue weighted by Gasteiger charge is 2.45. The summed E-state index contributed by atoms with van der Waals surface area (Å²) >= 11 is 0. The molecular weight excluding hydrogens is 495 g/mol. The Morgan fingerprint density at radius 2 is 1.97 bits per heavy atom. The highest BCUT2D eigenvalue weighted by atomic mass is 127. The van der Waals surface area contributed by atoms with Gasteiger partial charge in [0.2, 0.25) is 0 Å². The molecule has 3 amide bonds. The number of urea groups is 1. The summed E-state index contributed by atoms with van der Waals surface area (Å²) in [5.74, 6) is 0.707. The summed E-state index contributed by atoms with van der Waals surface area (Å²) in [4.78, 5) is 33.2. The molecule has 3 rings (SSSR count). The summed E-state index contributed by atoms with van der Waals surface area (Å²) in [6, 6.07) is 0.926. The Kier molecular flexibility index (Phi) is 9.65. The number of nitrogens with one attached hydrogen (secondary N) is 3. The van der Waals surface area contributed by atoms with Crippen LogP contribution in [0.1, 0.15) is 65.7 Å². The summed E-state index contributed by atoms with van der Waals surface area (Å²) in [6.07, 6.45) is 7.85. The Labute approximate surface area is 198 Å². The number of nitrogens with zero attached hydrogens (tertiary/aromatic N) is 3. The van der Waals surface area contributed by atoms with Crippen molar-refractivity contribution in [3.05, 3.63) is 0 Å². The van der Waals surface area contributed by atoms with Gasteiger partial charge < -0.3 is 16.0 Å². The third-order valence-electron chi connectivity index (χ3n) is 6.61. The van der Waals surface area contributed by atoms with Crippen molar-refractivity contribution < 1.29 is 9.59 Å². The molecule has 9 heteroatoms. The molecule has 3 N–H and O–H groups in total. The molecule has 2 saturated heterocycles. The second-order valence-electron chi connectivity index (χ2n) is 8.75. The zero-order chi connectivity index (χ0) is 20.9. The van der Waals surface area contributed by atoms with E-state index in [1.165, 1.54) is 37.1 Å². The van der Waals surface area contributed by atoms with Crippen molar-refractivity contribution in [2.45, 2.75) is 83.3 Å². The molecule has 0 aromatic heterocycles. The normalized spacial score (nSPS) is 28.0. The fourth-order valence-corrected chi connectivity index (χ4v) is 4.63. The minimum Gasteiger partial charge on any atom is -0.357 e. The molecular formula is C21H39IN6O2. The van der Waals surface area contributed by atoms with Crippen molar-refractivity contribution in [3.63, 3.8) is 0 Å². The largest absolute Gasteiger partial charge is 0.357 e. The van der Waals surface area contributed by atoms with Gasteiger partial charge in [0, 0.05) is 44.8 Å². The minimum atomic E-state index is -0.759. The standard InChI is InChI=1S/C21H38N6O2.HI/c1-4-21(3)18(28)27(20(29)25-21)13-8-12-23-19(22-5-2)24-16-11-14-26(15-16)17-9-6-7-10-17;/h16-17H,4-15H2,1-3H3,(H,25,29)(H2,22,23,24);1H. The van der Waals surface area contributed by atoms with Crippen molar-refractivity contribution in [2.75, 3.05) is 32.7 Å². The number of imide groups is 1. The quantitative estimate of drug-likeness (QED) is 0.146. The van der Waals surface area contributed by atoms with Crippen LogP contribution in [0.3, 0.4) is 0 Å². The predicted molar refractivity (Wildman–Crippen MR) is 130 cm³/mol. The first kappa shape index (κ1) is 25.2. The van der Waals surface area contributed by atoms with E-state index >= 15 is 0 Å². The molecule has 172 valence electrons. The van der Waals surface area contributed by atoms with Gasteiger partial charge in [-0.05, 0) is 46.0 Å². The van der Waals surface area contributed by atoms with Crippen molar-refractivity contribution in [2.24, 2.45) is 4.99 Å². The lowest BCUT2D eigenvalue weighted by atomic mass is 9.99. The van der Waals surface area contributed by atoms with Crippen LogP contribution in [-0.2, 0) is 4.79 Å². The predicted octanol–water partition coefficient (Wildman–Crippen LogP) is 2.29. The van der Waals surface area contributed by atoms with Gasteiger partial charge in [-0.15, -0.1) is 24.0 Å². The van der Waals surface area contributed by atoms with Crippen LogP contribution in [0.2, 0.25) is 0 Å². The monoisotopic (exact) mass is 534 g/mol. The third kappa shape index (κ3) is 5.99. The average molecular weight is 534 g/mol. The zero-order valence-corrected chi connectivity index (χ0v) is 21.0. The van der Waals surface area contributed by atoms with Crippen LogP contribution >= 0.6 is 24.0 Å². The van der Waals surface area contributed by atoms with Gasteiger partial charge in [-0.25, -0.2) is 4.79 Å². The van der Waals surface area contributed by atoms with Crippen molar-refractivity contribution >= 4 is 41.9 Å². The van der Waals surface area contributed by atoms with E-state index < -0.39 is 5.54 Å². The van der Waals surface area contributed by atoms with E-state index in [2.05, 4.69) is 32.8 Å². The fraction of sp³-hybridized carbons (Fsp3) is 0.857. The van der Waals surface area contributed by atoms with E-state index in [1.807, 2.05) is 6.92 Å². The molecule has 0 bridgehead atoms. The molecule has 0 spiro atoms. The number of aliphatic imine (C=N–C) groups is 1. The lowest BCUT2D eigenvalue weighted by molar-refractivity contribution is -0.130. The second-order valence-corrected chi connectivity index (χ2v) is 8.75. The molecule has 0 aromatic carbocycles. The molecule has 1 aliphatic carbocycles. The van der Waals surface area contributed by atoms with Gasteiger partial charge in [-0.3, -0.25) is 19.6 Å². The highest BCUT2D eigenvalue weighted by Crippen LogP contribution is 2.26. The molecule has 2 atom stereocenters. The average Bonchev–Trinajstić information content (AvgIpc) is 3.42. The summed E-state index contributed by atoms with van der Waals surface area (Å²) in [6.45, 7) is 9.82. The maximum atomic E-state index is 12.4. The fourth-order valence-electron chi connectivity index (χ4n) is 4.63. The SMILES string of the molecule is CCNC(=NCCCN1C(=O)NC(C)(CC)C1=O)NC1CCN(C2CCCC2)C1.I. The number of carbonyl (C=O) groups excluding carboxylic acids is 2. The van der Waals surface area contributed by atoms with Crippen LogP contribution in [0, 0.1) is 0 Å². The van der Waals surface area contributed by atoms with Crippen molar-refractivity contribution in [3.8, 4) is 0 Å². The number of rotatable bonds is 8. The molecule has 0 radical (unpaired) electrons. The summed E-state index contributed by atoms with van der Waals surface area (Å²) < 4.78 is 0. The number of hydrogen-bond donors (Lipinski definition) is 3. The topological polar surface area (TPSA) is 89.1 Å². The van der Waals surface area contributed by atoms with Crippen LogP contribution < -0.4 is 16.0 Å². The van der Waals surface area contributed by atoms with Crippen molar-refractivity contribution in [1.29, 1.82) is 0 Å². The van der Waals surface area contributed by atoms with Crippen LogP contribution in [0.25, 0.3) is 0 Å². The Morgan fingerprint density at radius 1 is 1.23 bits per heavy atom. The maximum absolute atomic E-state index is 12.4. The van der Waals surface area contributed by atoms with Crippen LogP contribution in [0.5, 0.6) is 0 Å². The Balaban J connectivity index is 0.00000320. The van der Waals surface area contributed by atoms with E-state index in [4.69, 9.17) is 0 Å².